The predicted octanol–water partition coefficient (Wildman–Crippen LogP) is 5.24. The lowest BCUT2D eigenvalue weighted by Gasteiger charge is -2.71. The number of fused-ring (bicyclic) bond motifs is 7. The second-order valence-corrected chi connectivity index (χ2v) is 13.4. The normalized spacial score (nSPS) is 56.4. The van der Waals surface area contributed by atoms with Crippen molar-refractivity contribution >= 4 is 5.97 Å². The van der Waals surface area contributed by atoms with E-state index < -0.39 is 6.29 Å². The fourth-order valence-electron chi connectivity index (χ4n) is 10.5. The number of hydrogen-bond donors (Lipinski definition) is 2. The predicted molar refractivity (Wildman–Crippen MR) is 131 cm³/mol. The summed E-state index contributed by atoms with van der Waals surface area (Å²) in [6.45, 7) is 15.3. The van der Waals surface area contributed by atoms with E-state index in [0.29, 0.717) is 17.8 Å². The van der Waals surface area contributed by atoms with E-state index in [1.165, 1.54) is 12.5 Å². The van der Waals surface area contributed by atoms with Crippen LogP contribution in [0.4, 0.5) is 0 Å². The van der Waals surface area contributed by atoms with Crippen LogP contribution in [-0.4, -0.2) is 40.8 Å². The zero-order valence-corrected chi connectivity index (χ0v) is 22.3. The van der Waals surface area contributed by atoms with Gasteiger partial charge in [-0.1, -0.05) is 40.7 Å². The van der Waals surface area contributed by atoms with Crippen LogP contribution >= 0.6 is 0 Å². The van der Waals surface area contributed by atoms with E-state index in [2.05, 4.69) is 40.7 Å². The number of esters is 1. The molecule has 1 saturated heterocycles. The van der Waals surface area contributed by atoms with E-state index >= 15 is 0 Å². The molecule has 192 valence electrons. The second-order valence-electron chi connectivity index (χ2n) is 13.4. The van der Waals surface area contributed by atoms with Crippen LogP contribution in [0, 0.1) is 45.3 Å². The van der Waals surface area contributed by atoms with Crippen molar-refractivity contribution in [1.29, 1.82) is 0 Å². The minimum Gasteiger partial charge on any atom is -0.462 e. The van der Waals surface area contributed by atoms with E-state index in [1.54, 1.807) is 0 Å². The van der Waals surface area contributed by atoms with Gasteiger partial charge in [-0.15, -0.1) is 0 Å². The third kappa shape index (κ3) is 2.99. The largest absolute Gasteiger partial charge is 0.462 e. The Morgan fingerprint density at radius 3 is 2.38 bits per heavy atom. The molecule has 4 fully saturated rings. The smallest absolute Gasteiger partial charge is 0.302 e. The standard InChI is InChI=1S/C29H46O5/c1-8-26(4)19-11-13-28(6)20-10-9-18-16(2)33-25(32)24(18)29(20,7)23(34-17(3)30)15-21(28)27(19,5)14-12-22(26)31/h9,16,19-25,31-32H,8,10-15H2,1-7H3. The Labute approximate surface area is 205 Å². The van der Waals surface area contributed by atoms with Gasteiger partial charge in [-0.3, -0.25) is 4.79 Å². The Morgan fingerprint density at radius 1 is 1.09 bits per heavy atom. The van der Waals surface area contributed by atoms with Crippen LogP contribution in [0.3, 0.4) is 0 Å². The van der Waals surface area contributed by atoms with Gasteiger partial charge in [0.2, 0.25) is 0 Å². The van der Waals surface area contributed by atoms with Crippen molar-refractivity contribution in [3.63, 3.8) is 0 Å². The minimum atomic E-state index is -0.854. The second kappa shape index (κ2) is 7.79. The monoisotopic (exact) mass is 474 g/mol. The molecule has 0 aromatic carbocycles. The summed E-state index contributed by atoms with van der Waals surface area (Å²) in [6, 6.07) is 0. The van der Waals surface area contributed by atoms with Gasteiger partial charge in [0.05, 0.1) is 12.2 Å². The number of ether oxygens (including phenoxy) is 2. The zero-order valence-electron chi connectivity index (χ0n) is 22.3. The van der Waals surface area contributed by atoms with E-state index in [4.69, 9.17) is 9.47 Å². The summed E-state index contributed by atoms with van der Waals surface area (Å²) in [5.41, 5.74) is 0.928. The molecule has 0 amide bonds. The fourth-order valence-corrected chi connectivity index (χ4v) is 10.5. The maximum Gasteiger partial charge on any atom is 0.302 e. The molecular weight excluding hydrogens is 428 g/mol. The quantitative estimate of drug-likeness (QED) is 0.423. The van der Waals surface area contributed by atoms with Crippen LogP contribution in [-0.2, 0) is 14.3 Å². The molecule has 12 unspecified atom stereocenters. The van der Waals surface area contributed by atoms with Crippen molar-refractivity contribution in [1.82, 2.24) is 0 Å². The number of aliphatic hydroxyl groups excluding tert-OH is 2. The molecule has 1 heterocycles. The van der Waals surface area contributed by atoms with Crippen LogP contribution in [0.5, 0.6) is 0 Å². The van der Waals surface area contributed by atoms with Crippen molar-refractivity contribution in [2.75, 3.05) is 0 Å². The lowest BCUT2D eigenvalue weighted by atomic mass is 9.34. The minimum absolute atomic E-state index is 0.0729. The molecule has 3 saturated carbocycles. The van der Waals surface area contributed by atoms with Crippen LogP contribution in [0.25, 0.3) is 0 Å². The number of allylic oxidation sites excluding steroid dienone is 1. The van der Waals surface area contributed by atoms with Gasteiger partial charge in [-0.25, -0.2) is 0 Å². The summed E-state index contributed by atoms with van der Waals surface area (Å²) in [7, 11) is 0. The highest BCUT2D eigenvalue weighted by atomic mass is 16.6. The molecule has 34 heavy (non-hydrogen) atoms. The Balaban J connectivity index is 1.62. The van der Waals surface area contributed by atoms with Gasteiger partial charge in [0.25, 0.3) is 0 Å². The SMILES string of the molecule is CCC1(C)C(O)CCC2(C)C1CCC1(C)C2CC(OC(C)=O)C2(C)C3C(=CCC12)C(C)OC3O. The first-order chi connectivity index (χ1) is 15.8. The third-order valence-corrected chi connectivity index (χ3v) is 12.4. The molecular formula is C29H46O5. The Hall–Kier alpha value is -0.910. The van der Waals surface area contributed by atoms with Gasteiger partial charge in [0.15, 0.2) is 6.29 Å². The molecule has 12 atom stereocenters. The van der Waals surface area contributed by atoms with Crippen LogP contribution in [0.15, 0.2) is 11.6 Å². The molecule has 0 radical (unpaired) electrons. The van der Waals surface area contributed by atoms with E-state index in [0.717, 1.165) is 44.9 Å². The molecule has 5 aliphatic rings. The highest BCUT2D eigenvalue weighted by Gasteiger charge is 2.71. The van der Waals surface area contributed by atoms with Crippen molar-refractivity contribution in [2.24, 2.45) is 45.3 Å². The zero-order chi connectivity index (χ0) is 24.8. The molecule has 5 rings (SSSR count). The summed E-state index contributed by atoms with van der Waals surface area (Å²) in [5, 5.41) is 22.1. The number of hydrogen-bond acceptors (Lipinski definition) is 5. The lowest BCUT2D eigenvalue weighted by molar-refractivity contribution is -0.262. The number of rotatable bonds is 2. The highest BCUT2D eigenvalue weighted by molar-refractivity contribution is 5.66. The Bertz CT molecular complexity index is 884. The molecule has 4 aliphatic carbocycles. The number of carbonyl (C=O) groups is 1. The van der Waals surface area contributed by atoms with Gasteiger partial charge < -0.3 is 19.7 Å². The van der Waals surface area contributed by atoms with Gasteiger partial charge in [0.1, 0.15) is 6.10 Å². The molecule has 0 bridgehead atoms. The number of carbonyl (C=O) groups excluding carboxylic acids is 1. The van der Waals surface area contributed by atoms with E-state index in [9.17, 15) is 15.0 Å². The molecule has 0 aromatic rings. The fraction of sp³-hybridized carbons (Fsp3) is 0.897. The first-order valence-corrected chi connectivity index (χ1v) is 13.7. The van der Waals surface area contributed by atoms with Crippen molar-refractivity contribution in [3.8, 4) is 0 Å². The Kier molecular flexibility index (Phi) is 5.68. The highest BCUT2D eigenvalue weighted by Crippen LogP contribution is 2.74. The number of aliphatic hydroxyl groups is 2. The van der Waals surface area contributed by atoms with Crippen molar-refractivity contribution < 1.29 is 24.5 Å². The summed E-state index contributed by atoms with van der Waals surface area (Å²) in [5.74, 6) is 0.803. The van der Waals surface area contributed by atoms with E-state index in [1.807, 2.05) is 6.92 Å². The molecule has 5 heteroatoms. The molecule has 1 aliphatic heterocycles. The topological polar surface area (TPSA) is 76.0 Å². The maximum absolute atomic E-state index is 12.4. The first kappa shape index (κ1) is 24.8. The van der Waals surface area contributed by atoms with Crippen LogP contribution in [0.2, 0.25) is 0 Å². The lowest BCUT2D eigenvalue weighted by Crippen LogP contribution is -2.68. The van der Waals surface area contributed by atoms with Gasteiger partial charge in [-0.2, -0.15) is 0 Å². The maximum atomic E-state index is 12.4. The van der Waals surface area contributed by atoms with Gasteiger partial charge >= 0.3 is 5.97 Å². The van der Waals surface area contributed by atoms with Gasteiger partial charge in [0, 0.05) is 18.3 Å². The molecule has 0 spiro atoms. The molecule has 2 N–H and O–H groups in total. The average molecular weight is 475 g/mol. The third-order valence-electron chi connectivity index (χ3n) is 12.4. The van der Waals surface area contributed by atoms with Crippen LogP contribution < -0.4 is 0 Å². The van der Waals surface area contributed by atoms with Gasteiger partial charge in [-0.05, 0) is 91.4 Å². The Morgan fingerprint density at radius 2 is 1.74 bits per heavy atom. The summed E-state index contributed by atoms with van der Waals surface area (Å²) in [6.07, 6.45) is 7.78. The first-order valence-electron chi connectivity index (χ1n) is 13.7. The summed E-state index contributed by atoms with van der Waals surface area (Å²) >= 11 is 0. The van der Waals surface area contributed by atoms with E-state index in [-0.39, 0.29) is 51.9 Å². The van der Waals surface area contributed by atoms with Crippen molar-refractivity contribution in [3.05, 3.63) is 11.6 Å². The van der Waals surface area contributed by atoms with Crippen molar-refractivity contribution in [2.45, 2.75) is 118 Å². The summed E-state index contributed by atoms with van der Waals surface area (Å²) < 4.78 is 12.1. The summed E-state index contributed by atoms with van der Waals surface area (Å²) in [4.78, 5) is 12.4. The average Bonchev–Trinajstić information content (AvgIpc) is 3.06. The molecule has 5 nitrogen and oxygen atoms in total. The van der Waals surface area contributed by atoms with Crippen LogP contribution in [0.1, 0.15) is 93.4 Å². The molecule has 0 aromatic heterocycles.